The normalized spacial score (nSPS) is 10.2. The molecule has 118 valence electrons. The zero-order chi connectivity index (χ0) is 17.1. The number of nitro groups is 2. The third-order valence-corrected chi connectivity index (χ3v) is 3.30. The van der Waals surface area contributed by atoms with E-state index in [4.69, 9.17) is 11.6 Å². The Morgan fingerprint density at radius 3 is 2.26 bits per heavy atom. The van der Waals surface area contributed by atoms with Crippen LogP contribution in [-0.4, -0.2) is 15.8 Å². The fourth-order valence-corrected chi connectivity index (χ4v) is 2.12. The first-order valence-corrected chi connectivity index (χ1v) is 6.67. The molecule has 2 aromatic rings. The molecule has 0 aliphatic rings. The smallest absolute Gasteiger partial charge is 0.294 e. The van der Waals surface area contributed by atoms with Gasteiger partial charge in [-0.25, -0.2) is 0 Å². The molecule has 0 heterocycles. The summed E-state index contributed by atoms with van der Waals surface area (Å²) < 4.78 is 0. The van der Waals surface area contributed by atoms with Crippen molar-refractivity contribution in [1.82, 2.24) is 0 Å². The maximum absolute atomic E-state index is 12.2. The monoisotopic (exact) mass is 335 g/mol. The molecule has 0 atom stereocenters. The van der Waals surface area contributed by atoms with E-state index >= 15 is 0 Å². The number of halogens is 1. The van der Waals surface area contributed by atoms with Crippen molar-refractivity contribution in [2.45, 2.75) is 6.92 Å². The zero-order valence-electron chi connectivity index (χ0n) is 11.8. The van der Waals surface area contributed by atoms with Gasteiger partial charge in [0.25, 0.3) is 17.3 Å². The number of hydrogen-bond acceptors (Lipinski definition) is 5. The average molecular weight is 336 g/mol. The molecular weight excluding hydrogens is 326 g/mol. The van der Waals surface area contributed by atoms with Gasteiger partial charge in [-0.15, -0.1) is 0 Å². The molecule has 2 rings (SSSR count). The Hall–Kier alpha value is -3.00. The summed E-state index contributed by atoms with van der Waals surface area (Å²) in [7, 11) is 0. The first-order chi connectivity index (χ1) is 10.8. The fourth-order valence-electron chi connectivity index (χ4n) is 1.96. The van der Waals surface area contributed by atoms with Gasteiger partial charge in [0.15, 0.2) is 0 Å². The Balaban J connectivity index is 2.31. The van der Waals surface area contributed by atoms with Crippen molar-refractivity contribution in [1.29, 1.82) is 0 Å². The third kappa shape index (κ3) is 3.61. The van der Waals surface area contributed by atoms with Gasteiger partial charge >= 0.3 is 0 Å². The molecule has 0 aliphatic carbocycles. The second kappa shape index (κ2) is 6.41. The minimum atomic E-state index is -0.664. The van der Waals surface area contributed by atoms with Crippen molar-refractivity contribution in [3.05, 3.63) is 72.8 Å². The molecule has 23 heavy (non-hydrogen) atoms. The van der Waals surface area contributed by atoms with Crippen LogP contribution in [0.1, 0.15) is 15.9 Å². The lowest BCUT2D eigenvalue weighted by atomic mass is 10.1. The molecule has 0 spiro atoms. The molecule has 2 aromatic carbocycles. The maximum Gasteiger partial charge on any atom is 0.294 e. The summed E-state index contributed by atoms with van der Waals surface area (Å²) in [5.41, 5.74) is -0.00508. The summed E-state index contributed by atoms with van der Waals surface area (Å²) in [6.45, 7) is 1.50. The third-order valence-electron chi connectivity index (χ3n) is 3.06. The van der Waals surface area contributed by atoms with Crippen LogP contribution in [0.15, 0.2) is 36.4 Å². The minimum absolute atomic E-state index is 0.0135. The van der Waals surface area contributed by atoms with E-state index in [2.05, 4.69) is 5.32 Å². The summed E-state index contributed by atoms with van der Waals surface area (Å²) in [4.78, 5) is 32.7. The summed E-state index contributed by atoms with van der Waals surface area (Å²) in [5.74, 6) is -0.617. The molecule has 0 saturated heterocycles. The highest BCUT2D eigenvalue weighted by Gasteiger charge is 2.19. The molecule has 0 aliphatic heterocycles. The molecular formula is C14H10ClN3O5. The largest absolute Gasteiger partial charge is 0.316 e. The van der Waals surface area contributed by atoms with Gasteiger partial charge in [0.05, 0.1) is 9.85 Å². The second-order valence-electron chi connectivity index (χ2n) is 4.63. The first kappa shape index (κ1) is 16.4. The Bertz CT molecular complexity index is 822. The van der Waals surface area contributed by atoms with Crippen molar-refractivity contribution in [3.63, 3.8) is 0 Å². The summed E-state index contributed by atoms with van der Waals surface area (Å²) in [6.07, 6.45) is 0. The number of aryl methyl sites for hydroxylation is 1. The van der Waals surface area contributed by atoms with Crippen molar-refractivity contribution in [3.8, 4) is 0 Å². The van der Waals surface area contributed by atoms with Gasteiger partial charge in [-0.3, -0.25) is 25.0 Å². The van der Waals surface area contributed by atoms with Crippen LogP contribution in [0.2, 0.25) is 5.02 Å². The van der Waals surface area contributed by atoms with Gasteiger partial charge < -0.3 is 5.32 Å². The van der Waals surface area contributed by atoms with Crippen molar-refractivity contribution >= 4 is 34.6 Å². The van der Waals surface area contributed by atoms with E-state index in [9.17, 15) is 25.0 Å². The van der Waals surface area contributed by atoms with E-state index in [1.807, 2.05) is 0 Å². The quantitative estimate of drug-likeness (QED) is 0.675. The molecule has 9 heteroatoms. The number of benzene rings is 2. The number of nitro benzene ring substituents is 2. The lowest BCUT2D eigenvalue weighted by molar-refractivity contribution is -0.385. The maximum atomic E-state index is 12.2. The predicted octanol–water partition coefficient (Wildman–Crippen LogP) is 3.72. The summed E-state index contributed by atoms with van der Waals surface area (Å²) in [5, 5.41) is 24.3. The molecule has 0 fully saturated rings. The van der Waals surface area contributed by atoms with E-state index in [1.165, 1.54) is 37.3 Å². The van der Waals surface area contributed by atoms with E-state index in [0.29, 0.717) is 5.56 Å². The number of nitrogens with zero attached hydrogens (tertiary/aromatic N) is 2. The first-order valence-electron chi connectivity index (χ1n) is 6.30. The molecule has 8 nitrogen and oxygen atoms in total. The van der Waals surface area contributed by atoms with Gasteiger partial charge in [-0.1, -0.05) is 11.6 Å². The lowest BCUT2D eigenvalue weighted by Crippen LogP contribution is -2.13. The Kier molecular flexibility index (Phi) is 4.56. The number of hydrogen-bond donors (Lipinski definition) is 1. The van der Waals surface area contributed by atoms with Crippen LogP contribution < -0.4 is 5.32 Å². The van der Waals surface area contributed by atoms with Gasteiger partial charge in [0.2, 0.25) is 0 Å². The molecule has 0 saturated carbocycles. The van der Waals surface area contributed by atoms with Gasteiger partial charge in [-0.2, -0.15) is 0 Å². The van der Waals surface area contributed by atoms with Crippen LogP contribution >= 0.6 is 11.6 Å². The highest BCUT2D eigenvalue weighted by molar-refractivity contribution is 6.31. The summed E-state index contributed by atoms with van der Waals surface area (Å²) in [6, 6.07) is 7.68. The second-order valence-corrected chi connectivity index (χ2v) is 5.07. The lowest BCUT2D eigenvalue weighted by Gasteiger charge is -2.07. The average Bonchev–Trinajstić information content (AvgIpc) is 2.48. The molecule has 1 N–H and O–H groups in total. The molecule has 1 amide bonds. The summed E-state index contributed by atoms with van der Waals surface area (Å²) >= 11 is 5.70. The molecule has 0 aromatic heterocycles. The Morgan fingerprint density at radius 2 is 1.70 bits per heavy atom. The van der Waals surface area contributed by atoms with Crippen LogP contribution in [0.3, 0.4) is 0 Å². The molecule has 0 unspecified atom stereocenters. The van der Waals surface area contributed by atoms with Crippen LogP contribution in [-0.2, 0) is 0 Å². The predicted molar refractivity (Wildman–Crippen MR) is 83.9 cm³/mol. The Labute approximate surface area is 135 Å². The fraction of sp³-hybridized carbons (Fsp3) is 0.0714. The zero-order valence-corrected chi connectivity index (χ0v) is 12.5. The SMILES string of the molecule is Cc1cc(C(=O)Nc2ccc(Cl)cc2[N+](=O)[O-])ccc1[N+](=O)[O-]. The van der Waals surface area contributed by atoms with Crippen LogP contribution in [0.25, 0.3) is 0 Å². The number of nitrogens with one attached hydrogen (secondary N) is 1. The van der Waals surface area contributed by atoms with E-state index in [1.54, 1.807) is 0 Å². The standard InChI is InChI=1S/C14H10ClN3O5/c1-8-6-9(2-5-12(8)17(20)21)14(19)16-11-4-3-10(15)7-13(11)18(22)23/h2-7H,1H3,(H,16,19). The van der Waals surface area contributed by atoms with Gasteiger partial charge in [0, 0.05) is 28.3 Å². The van der Waals surface area contributed by atoms with Crippen LogP contribution in [0.5, 0.6) is 0 Å². The van der Waals surface area contributed by atoms with E-state index in [0.717, 1.165) is 6.07 Å². The van der Waals surface area contributed by atoms with Crippen LogP contribution in [0, 0.1) is 27.2 Å². The van der Waals surface area contributed by atoms with Crippen molar-refractivity contribution in [2.24, 2.45) is 0 Å². The van der Waals surface area contributed by atoms with E-state index < -0.39 is 15.8 Å². The highest BCUT2D eigenvalue weighted by atomic mass is 35.5. The van der Waals surface area contributed by atoms with E-state index in [-0.39, 0.29) is 27.6 Å². The number of carbonyl (C=O) groups excluding carboxylic acids is 1. The highest BCUT2D eigenvalue weighted by Crippen LogP contribution is 2.28. The Morgan fingerprint density at radius 1 is 1.04 bits per heavy atom. The molecule has 0 radical (unpaired) electrons. The van der Waals surface area contributed by atoms with Crippen molar-refractivity contribution in [2.75, 3.05) is 5.32 Å². The number of anilines is 1. The van der Waals surface area contributed by atoms with Gasteiger partial charge in [-0.05, 0) is 31.2 Å². The number of amides is 1. The van der Waals surface area contributed by atoms with Crippen molar-refractivity contribution < 1.29 is 14.6 Å². The number of rotatable bonds is 4. The minimum Gasteiger partial charge on any atom is -0.316 e. The van der Waals surface area contributed by atoms with Crippen LogP contribution in [0.4, 0.5) is 17.1 Å². The van der Waals surface area contributed by atoms with Gasteiger partial charge in [0.1, 0.15) is 5.69 Å². The topological polar surface area (TPSA) is 115 Å². The molecule has 0 bridgehead atoms. The number of carbonyl (C=O) groups is 1.